The summed E-state index contributed by atoms with van der Waals surface area (Å²) in [6.45, 7) is 10.2. The smallest absolute Gasteiger partial charge is 0.303 e. The highest BCUT2D eigenvalue weighted by molar-refractivity contribution is 6.31. The first kappa shape index (κ1) is 26.6. The lowest BCUT2D eigenvalue weighted by Crippen LogP contribution is -2.32. The molecule has 2 aliphatic rings. The van der Waals surface area contributed by atoms with E-state index in [2.05, 4.69) is 35.2 Å². The van der Waals surface area contributed by atoms with Crippen molar-refractivity contribution in [2.45, 2.75) is 32.0 Å². The molecule has 41 heavy (non-hydrogen) atoms. The molecule has 14 heteroatoms. The van der Waals surface area contributed by atoms with Crippen molar-refractivity contribution in [1.82, 2.24) is 29.7 Å². The Bertz CT molecular complexity index is 1670. The number of rotatable bonds is 7. The van der Waals surface area contributed by atoms with Gasteiger partial charge in [0.2, 0.25) is 5.95 Å². The van der Waals surface area contributed by atoms with Crippen LogP contribution in [0, 0.1) is 24.2 Å². The molecule has 4 heterocycles. The maximum absolute atomic E-state index is 14.7. The second-order valence-corrected chi connectivity index (χ2v) is 10.3. The molecule has 0 spiro atoms. The van der Waals surface area contributed by atoms with Crippen molar-refractivity contribution in [3.05, 3.63) is 88.4 Å². The average Bonchev–Trinajstić information content (AvgIpc) is 3.41. The van der Waals surface area contributed by atoms with E-state index in [1.807, 2.05) is 11.8 Å². The Morgan fingerprint density at radius 3 is 2.71 bits per heavy atom. The van der Waals surface area contributed by atoms with Crippen molar-refractivity contribution < 1.29 is 18.0 Å². The molecule has 1 aliphatic carbocycles. The van der Waals surface area contributed by atoms with Crippen LogP contribution in [0.2, 0.25) is 5.02 Å². The number of nitrogens with zero attached hydrogens (tertiary/aromatic N) is 8. The van der Waals surface area contributed by atoms with E-state index < -0.39 is 29.3 Å². The molecule has 0 bridgehead atoms. The highest BCUT2D eigenvalue weighted by atomic mass is 35.5. The third kappa shape index (κ3) is 4.95. The van der Waals surface area contributed by atoms with Gasteiger partial charge in [-0.3, -0.25) is 24.2 Å². The predicted octanol–water partition coefficient (Wildman–Crippen LogP) is 5.42. The summed E-state index contributed by atoms with van der Waals surface area (Å²) in [5.41, 5.74) is -0.496. The van der Waals surface area contributed by atoms with Gasteiger partial charge in [-0.15, -0.1) is 0 Å². The van der Waals surface area contributed by atoms with Crippen molar-refractivity contribution in [3.63, 3.8) is 0 Å². The number of anilines is 2. The molecule has 0 radical (unpaired) electrons. The molecule has 4 atom stereocenters. The minimum atomic E-state index is -2.99. The van der Waals surface area contributed by atoms with E-state index in [9.17, 15) is 18.0 Å². The first-order valence-corrected chi connectivity index (χ1v) is 13.0. The summed E-state index contributed by atoms with van der Waals surface area (Å²) in [6, 6.07) is 1.76. The summed E-state index contributed by atoms with van der Waals surface area (Å²) in [5.74, 6) is -0.279. The largest absolute Gasteiger partial charge is 0.318 e. The SMILES string of the molecule is [C-]#[N+][C@@H]1[C@@H]2C[C@@H]2CN1c1ncc([C@@H](C)n2cc(NC(=O)c3cncc(-c4c(C(F)F)ccc(Cl)c4F)n3)cn2)cn1. The number of aromatic nitrogens is 6. The number of alkyl halides is 2. The number of benzene rings is 1. The van der Waals surface area contributed by atoms with E-state index in [0.717, 1.165) is 43.1 Å². The fraction of sp³-hybridized carbons (Fsp3) is 0.296. The van der Waals surface area contributed by atoms with Gasteiger partial charge < -0.3 is 5.32 Å². The molecule has 1 saturated carbocycles. The predicted molar refractivity (Wildman–Crippen MR) is 143 cm³/mol. The molecule has 1 saturated heterocycles. The number of hydrogen-bond acceptors (Lipinski definition) is 7. The molecule has 0 unspecified atom stereocenters. The Labute approximate surface area is 237 Å². The number of carbonyl (C=O) groups excluding carboxylic acids is 1. The summed E-state index contributed by atoms with van der Waals surface area (Å²) in [7, 11) is 0. The topological polar surface area (TPSA) is 106 Å². The number of fused-ring (bicyclic) bond motifs is 1. The lowest BCUT2D eigenvalue weighted by molar-refractivity contribution is 0.102. The molecule has 3 aromatic heterocycles. The zero-order valence-corrected chi connectivity index (χ0v) is 22.2. The zero-order valence-electron chi connectivity index (χ0n) is 21.4. The zero-order chi connectivity index (χ0) is 28.8. The number of piperidine rings is 1. The monoisotopic (exact) mass is 579 g/mol. The van der Waals surface area contributed by atoms with Gasteiger partial charge in [-0.2, -0.15) is 5.10 Å². The van der Waals surface area contributed by atoms with E-state index in [4.69, 9.17) is 18.2 Å². The number of carbonyl (C=O) groups is 1. The molecule has 208 valence electrons. The molecule has 1 aliphatic heterocycles. The molecular formula is C27H21ClF3N9O. The van der Waals surface area contributed by atoms with Crippen LogP contribution in [0.4, 0.5) is 24.8 Å². The van der Waals surface area contributed by atoms with Gasteiger partial charge >= 0.3 is 6.17 Å². The number of hydrogen-bond donors (Lipinski definition) is 1. The minimum absolute atomic E-state index is 0.207. The quantitative estimate of drug-likeness (QED) is 0.291. The summed E-state index contributed by atoms with van der Waals surface area (Å²) in [4.78, 5) is 35.5. The van der Waals surface area contributed by atoms with E-state index >= 15 is 0 Å². The van der Waals surface area contributed by atoms with Crippen LogP contribution in [0.5, 0.6) is 0 Å². The van der Waals surface area contributed by atoms with Crippen LogP contribution < -0.4 is 10.2 Å². The number of halogens is 4. The maximum atomic E-state index is 14.7. The van der Waals surface area contributed by atoms with E-state index in [-0.39, 0.29) is 28.6 Å². The Morgan fingerprint density at radius 2 is 1.98 bits per heavy atom. The lowest BCUT2D eigenvalue weighted by Gasteiger charge is -2.19. The lowest BCUT2D eigenvalue weighted by atomic mass is 10.0. The van der Waals surface area contributed by atoms with Gasteiger partial charge in [0.15, 0.2) is 5.82 Å². The standard InChI is InChI=1S/C27H21ClF3N9O/c1-13(15-6-34-27(35-7-15)39-11-14-5-18(14)25(39)32-2)40-12-16(8-36-40)37-26(41)21-10-33-9-20(38-21)22-17(24(30)31)3-4-19(28)23(22)29/h3-4,6-10,12-14,18,24-25H,5,11H2,1H3,(H,37,41)/t13-,14-,18-,25+/m1/s1. The Hall–Kier alpha value is -4.57. The van der Waals surface area contributed by atoms with Crippen molar-refractivity contribution in [3.8, 4) is 11.3 Å². The third-order valence-electron chi connectivity index (χ3n) is 7.38. The molecule has 6 rings (SSSR count). The van der Waals surface area contributed by atoms with Crippen LogP contribution in [-0.2, 0) is 0 Å². The average molecular weight is 580 g/mol. The highest BCUT2D eigenvalue weighted by Crippen LogP contribution is 2.50. The van der Waals surface area contributed by atoms with Crippen LogP contribution in [0.15, 0.2) is 49.3 Å². The van der Waals surface area contributed by atoms with Crippen molar-refractivity contribution in [1.29, 1.82) is 0 Å². The van der Waals surface area contributed by atoms with E-state index in [1.54, 1.807) is 23.3 Å². The molecule has 10 nitrogen and oxygen atoms in total. The van der Waals surface area contributed by atoms with Crippen LogP contribution in [0.3, 0.4) is 0 Å². The first-order valence-electron chi connectivity index (χ1n) is 12.6. The van der Waals surface area contributed by atoms with Crippen molar-refractivity contribution >= 4 is 29.1 Å². The van der Waals surface area contributed by atoms with E-state index in [1.165, 1.54) is 6.20 Å². The van der Waals surface area contributed by atoms with Crippen molar-refractivity contribution in [2.75, 3.05) is 16.8 Å². The molecular weight excluding hydrogens is 559 g/mol. The maximum Gasteiger partial charge on any atom is 0.303 e. The van der Waals surface area contributed by atoms with Crippen LogP contribution in [-0.4, -0.2) is 48.3 Å². The van der Waals surface area contributed by atoms with Gasteiger partial charge in [-0.05, 0) is 25.3 Å². The van der Waals surface area contributed by atoms with Crippen LogP contribution in [0.1, 0.15) is 47.4 Å². The van der Waals surface area contributed by atoms with Gasteiger partial charge in [0, 0.05) is 41.8 Å². The van der Waals surface area contributed by atoms with Gasteiger partial charge in [-0.1, -0.05) is 17.7 Å². The molecule has 2 fully saturated rings. The van der Waals surface area contributed by atoms with Gasteiger partial charge in [0.25, 0.3) is 12.3 Å². The molecule has 1 N–H and O–H groups in total. The highest BCUT2D eigenvalue weighted by Gasteiger charge is 2.58. The second kappa shape index (κ2) is 10.4. The Balaban J connectivity index is 1.16. The van der Waals surface area contributed by atoms with E-state index in [0.29, 0.717) is 23.5 Å². The summed E-state index contributed by atoms with van der Waals surface area (Å²) in [6.07, 6.45) is 6.54. The second-order valence-electron chi connectivity index (χ2n) is 9.93. The number of nitrogens with one attached hydrogen (secondary N) is 1. The third-order valence-corrected chi connectivity index (χ3v) is 7.67. The first-order chi connectivity index (χ1) is 19.7. The van der Waals surface area contributed by atoms with Gasteiger partial charge in [0.1, 0.15) is 5.69 Å². The molecule has 1 amide bonds. The molecule has 4 aromatic rings. The summed E-state index contributed by atoms with van der Waals surface area (Å²) >= 11 is 5.80. The Kier molecular flexibility index (Phi) is 6.78. The van der Waals surface area contributed by atoms with Crippen molar-refractivity contribution in [2.24, 2.45) is 11.8 Å². The van der Waals surface area contributed by atoms with Gasteiger partial charge in [0.05, 0.1) is 47.0 Å². The van der Waals surface area contributed by atoms with Crippen LogP contribution >= 0.6 is 11.6 Å². The fourth-order valence-electron chi connectivity index (χ4n) is 5.06. The summed E-state index contributed by atoms with van der Waals surface area (Å²) < 4.78 is 43.4. The normalized spacial score (nSPS) is 20.0. The fourth-order valence-corrected chi connectivity index (χ4v) is 5.22. The van der Waals surface area contributed by atoms with Crippen LogP contribution in [0.25, 0.3) is 16.1 Å². The minimum Gasteiger partial charge on any atom is -0.318 e. The van der Waals surface area contributed by atoms with Gasteiger partial charge in [-0.25, -0.2) is 34.7 Å². The summed E-state index contributed by atoms with van der Waals surface area (Å²) in [5, 5.41) is 6.59. The molecule has 1 aromatic carbocycles. The number of amides is 1. The Morgan fingerprint density at radius 1 is 1.20 bits per heavy atom.